The first-order chi connectivity index (χ1) is 15.6. The van der Waals surface area contributed by atoms with Crippen molar-refractivity contribution in [3.63, 3.8) is 0 Å². The van der Waals surface area contributed by atoms with Crippen LogP contribution in [0.15, 0.2) is 84.6 Å². The summed E-state index contributed by atoms with van der Waals surface area (Å²) in [4.78, 5) is 28.2. The fourth-order valence-corrected chi connectivity index (χ4v) is 3.76. The molecule has 1 aliphatic rings. The Morgan fingerprint density at radius 2 is 1.38 bits per heavy atom. The Morgan fingerprint density at radius 3 is 2.09 bits per heavy atom. The van der Waals surface area contributed by atoms with Gasteiger partial charge in [-0.05, 0) is 30.2 Å². The smallest absolute Gasteiger partial charge is 0.278 e. The predicted molar refractivity (Wildman–Crippen MR) is 123 cm³/mol. The van der Waals surface area contributed by atoms with E-state index in [2.05, 4.69) is 5.32 Å². The molecule has 1 heterocycles. The fraction of sp³-hybridized carbons (Fsp3) is 0.154. The molecule has 0 aromatic heterocycles. The third-order valence-electron chi connectivity index (χ3n) is 5.38. The van der Waals surface area contributed by atoms with Crippen molar-refractivity contribution in [3.05, 3.63) is 95.7 Å². The minimum atomic E-state index is -0.377. The maximum absolute atomic E-state index is 13.5. The van der Waals surface area contributed by atoms with Crippen molar-refractivity contribution in [1.29, 1.82) is 0 Å². The Bertz CT molecular complexity index is 1170. The summed E-state index contributed by atoms with van der Waals surface area (Å²) in [5.41, 5.74) is 2.71. The molecule has 0 radical (unpaired) electrons. The minimum absolute atomic E-state index is 0.206. The van der Waals surface area contributed by atoms with E-state index in [0.29, 0.717) is 29.2 Å². The first-order valence-corrected chi connectivity index (χ1v) is 10.3. The van der Waals surface area contributed by atoms with Crippen molar-refractivity contribution < 1.29 is 19.1 Å². The molecule has 0 fully saturated rings. The maximum Gasteiger partial charge on any atom is 0.278 e. The molecule has 6 heteroatoms. The SMILES string of the molecule is COc1ccccc1NC1=C(c2ccccc2OC)C(=O)N(CCc2ccccc2)C1=O. The van der Waals surface area contributed by atoms with Gasteiger partial charge >= 0.3 is 0 Å². The van der Waals surface area contributed by atoms with Crippen molar-refractivity contribution in [2.45, 2.75) is 6.42 Å². The zero-order valence-electron chi connectivity index (χ0n) is 18.0. The molecular formula is C26H24N2O4. The number of nitrogens with one attached hydrogen (secondary N) is 1. The quantitative estimate of drug-likeness (QED) is 0.546. The van der Waals surface area contributed by atoms with Crippen LogP contribution in [0.3, 0.4) is 0 Å². The van der Waals surface area contributed by atoms with E-state index in [-0.39, 0.29) is 29.6 Å². The Balaban J connectivity index is 1.74. The molecule has 3 aromatic carbocycles. The second-order valence-corrected chi connectivity index (χ2v) is 7.27. The number of benzene rings is 3. The van der Waals surface area contributed by atoms with Gasteiger partial charge in [0.2, 0.25) is 0 Å². The molecule has 1 aliphatic heterocycles. The van der Waals surface area contributed by atoms with Gasteiger partial charge in [0.05, 0.1) is 25.5 Å². The number of nitrogens with zero attached hydrogens (tertiary/aromatic N) is 1. The van der Waals surface area contributed by atoms with Crippen molar-refractivity contribution >= 4 is 23.1 Å². The van der Waals surface area contributed by atoms with E-state index in [0.717, 1.165) is 5.56 Å². The van der Waals surface area contributed by atoms with Gasteiger partial charge in [0, 0.05) is 12.1 Å². The zero-order chi connectivity index (χ0) is 22.5. The van der Waals surface area contributed by atoms with Crippen LogP contribution in [0, 0.1) is 0 Å². The summed E-state index contributed by atoms with van der Waals surface area (Å²) in [5.74, 6) is 0.362. The third kappa shape index (κ3) is 4.07. The number of amides is 2. The summed E-state index contributed by atoms with van der Waals surface area (Å²) in [5, 5.41) is 3.16. The lowest BCUT2D eigenvalue weighted by atomic mass is 10.0. The molecule has 0 saturated heterocycles. The molecule has 0 spiro atoms. The Morgan fingerprint density at radius 1 is 0.750 bits per heavy atom. The largest absolute Gasteiger partial charge is 0.496 e. The van der Waals surface area contributed by atoms with Gasteiger partial charge in [-0.1, -0.05) is 60.7 Å². The van der Waals surface area contributed by atoms with E-state index in [9.17, 15) is 9.59 Å². The first-order valence-electron chi connectivity index (χ1n) is 10.3. The zero-order valence-corrected chi connectivity index (χ0v) is 18.0. The normalized spacial score (nSPS) is 13.5. The summed E-state index contributed by atoms with van der Waals surface area (Å²) in [6.45, 7) is 0.275. The fourth-order valence-electron chi connectivity index (χ4n) is 3.76. The van der Waals surface area contributed by atoms with Crippen molar-refractivity contribution in [2.24, 2.45) is 0 Å². The number of carbonyl (C=O) groups is 2. The van der Waals surface area contributed by atoms with Crippen LogP contribution in [-0.4, -0.2) is 37.5 Å². The van der Waals surface area contributed by atoms with Crippen molar-refractivity contribution in [2.75, 3.05) is 26.1 Å². The summed E-state index contributed by atoms with van der Waals surface area (Å²) in [7, 11) is 3.10. The summed E-state index contributed by atoms with van der Waals surface area (Å²) in [6, 6.07) is 24.2. The van der Waals surface area contributed by atoms with Gasteiger partial charge in [-0.25, -0.2) is 0 Å². The maximum atomic E-state index is 13.5. The van der Waals surface area contributed by atoms with Gasteiger partial charge in [0.1, 0.15) is 17.2 Å². The lowest BCUT2D eigenvalue weighted by molar-refractivity contribution is -0.136. The van der Waals surface area contributed by atoms with E-state index in [1.54, 1.807) is 38.5 Å². The summed E-state index contributed by atoms with van der Waals surface area (Å²) in [6.07, 6.45) is 0.569. The number of carbonyl (C=O) groups excluding carboxylic acids is 2. The molecule has 1 N–H and O–H groups in total. The van der Waals surface area contributed by atoms with E-state index in [4.69, 9.17) is 9.47 Å². The van der Waals surface area contributed by atoms with E-state index >= 15 is 0 Å². The molecule has 0 bridgehead atoms. The summed E-state index contributed by atoms with van der Waals surface area (Å²) < 4.78 is 10.9. The topological polar surface area (TPSA) is 67.9 Å². The lowest BCUT2D eigenvalue weighted by Crippen LogP contribution is -2.34. The minimum Gasteiger partial charge on any atom is -0.496 e. The second kappa shape index (κ2) is 9.39. The molecule has 0 saturated carbocycles. The van der Waals surface area contributed by atoms with Crippen LogP contribution in [0.25, 0.3) is 5.57 Å². The van der Waals surface area contributed by atoms with Crippen molar-refractivity contribution in [3.8, 4) is 11.5 Å². The second-order valence-electron chi connectivity index (χ2n) is 7.27. The number of para-hydroxylation sites is 3. The lowest BCUT2D eigenvalue weighted by Gasteiger charge is -2.16. The van der Waals surface area contributed by atoms with Crippen LogP contribution in [0.1, 0.15) is 11.1 Å². The number of methoxy groups -OCH3 is 2. The first kappa shape index (κ1) is 21.2. The molecule has 2 amide bonds. The number of anilines is 1. The number of ether oxygens (including phenoxy) is 2. The number of hydrogen-bond acceptors (Lipinski definition) is 5. The van der Waals surface area contributed by atoms with Gasteiger partial charge in [-0.3, -0.25) is 14.5 Å². The predicted octanol–water partition coefficient (Wildman–Crippen LogP) is 4.14. The number of rotatable bonds is 8. The van der Waals surface area contributed by atoms with E-state index in [1.165, 1.54) is 4.90 Å². The molecular weight excluding hydrogens is 404 g/mol. The molecule has 6 nitrogen and oxygen atoms in total. The van der Waals surface area contributed by atoms with Gasteiger partial charge in [-0.15, -0.1) is 0 Å². The van der Waals surface area contributed by atoms with Crippen LogP contribution >= 0.6 is 0 Å². The Kier molecular flexibility index (Phi) is 6.22. The average molecular weight is 428 g/mol. The molecule has 3 aromatic rings. The molecule has 162 valence electrons. The monoisotopic (exact) mass is 428 g/mol. The van der Waals surface area contributed by atoms with Crippen molar-refractivity contribution in [1.82, 2.24) is 4.90 Å². The van der Waals surface area contributed by atoms with E-state index in [1.807, 2.05) is 54.6 Å². The van der Waals surface area contributed by atoms with Crippen LogP contribution in [-0.2, 0) is 16.0 Å². The molecule has 0 unspecified atom stereocenters. The highest BCUT2D eigenvalue weighted by atomic mass is 16.5. The van der Waals surface area contributed by atoms with Gasteiger partial charge in [-0.2, -0.15) is 0 Å². The standard InChI is InChI=1S/C26H24N2O4/c1-31-21-14-8-6-12-19(21)23-24(27-20-13-7-9-15-22(20)32-2)26(30)28(25(23)29)17-16-18-10-4-3-5-11-18/h3-15,27H,16-17H2,1-2H3. The van der Waals surface area contributed by atoms with Gasteiger partial charge < -0.3 is 14.8 Å². The van der Waals surface area contributed by atoms with E-state index < -0.39 is 0 Å². The summed E-state index contributed by atoms with van der Waals surface area (Å²) >= 11 is 0. The van der Waals surface area contributed by atoms with Crippen LogP contribution in [0.2, 0.25) is 0 Å². The average Bonchev–Trinajstić information content (AvgIpc) is 3.07. The Labute approximate surface area is 187 Å². The van der Waals surface area contributed by atoms with Crippen LogP contribution < -0.4 is 14.8 Å². The highest BCUT2D eigenvalue weighted by Crippen LogP contribution is 2.36. The number of hydrogen-bond donors (Lipinski definition) is 1. The van der Waals surface area contributed by atoms with Gasteiger partial charge in [0.15, 0.2) is 0 Å². The highest BCUT2D eigenvalue weighted by molar-refractivity contribution is 6.37. The third-order valence-corrected chi connectivity index (χ3v) is 5.38. The number of imide groups is 1. The highest BCUT2D eigenvalue weighted by Gasteiger charge is 2.40. The Hall–Kier alpha value is -4.06. The van der Waals surface area contributed by atoms with Gasteiger partial charge in [0.25, 0.3) is 11.8 Å². The van der Waals surface area contributed by atoms with Crippen LogP contribution in [0.5, 0.6) is 11.5 Å². The molecule has 0 atom stereocenters. The molecule has 0 aliphatic carbocycles. The molecule has 32 heavy (non-hydrogen) atoms. The van der Waals surface area contributed by atoms with Crippen LogP contribution in [0.4, 0.5) is 5.69 Å². The molecule has 4 rings (SSSR count).